The largest absolute Gasteiger partial charge is 0.463 e. The molecule has 0 aliphatic heterocycles. The second kappa shape index (κ2) is 11.4. The molecule has 0 bridgehead atoms. The normalized spacial score (nSPS) is 28.3. The van der Waals surface area contributed by atoms with Crippen molar-refractivity contribution in [3.8, 4) is 0 Å². The third kappa shape index (κ3) is 8.17. The van der Waals surface area contributed by atoms with E-state index < -0.39 is 18.3 Å². The molecule has 144 valence electrons. The fourth-order valence-corrected chi connectivity index (χ4v) is 3.16. The van der Waals surface area contributed by atoms with E-state index in [9.17, 15) is 20.1 Å². The highest BCUT2D eigenvalue weighted by Crippen LogP contribution is 2.36. The van der Waals surface area contributed by atoms with Gasteiger partial charge in [0.05, 0.1) is 24.4 Å². The van der Waals surface area contributed by atoms with Gasteiger partial charge in [-0.1, -0.05) is 31.2 Å². The minimum absolute atomic E-state index is 0.0440. The Morgan fingerprint density at radius 3 is 2.60 bits per heavy atom. The number of aliphatic hydroxyl groups is 3. The second-order valence-electron chi connectivity index (χ2n) is 7.11. The summed E-state index contributed by atoms with van der Waals surface area (Å²) >= 11 is 0. The number of unbranched alkanes of at least 4 members (excludes halogenated alkanes) is 1. The van der Waals surface area contributed by atoms with Gasteiger partial charge in [-0.05, 0) is 45.4 Å². The van der Waals surface area contributed by atoms with Gasteiger partial charge >= 0.3 is 5.97 Å². The van der Waals surface area contributed by atoms with Crippen LogP contribution in [-0.2, 0) is 9.53 Å². The van der Waals surface area contributed by atoms with Crippen molar-refractivity contribution < 1.29 is 24.9 Å². The van der Waals surface area contributed by atoms with Crippen LogP contribution in [0.1, 0.15) is 59.3 Å². The van der Waals surface area contributed by atoms with Gasteiger partial charge in [-0.2, -0.15) is 0 Å². The summed E-state index contributed by atoms with van der Waals surface area (Å²) in [4.78, 5) is 11.4. The smallest absolute Gasteiger partial charge is 0.306 e. The Hall–Kier alpha value is -1.17. The summed E-state index contributed by atoms with van der Waals surface area (Å²) in [6.07, 6.45) is 9.51. The minimum Gasteiger partial charge on any atom is -0.463 e. The molecule has 1 saturated carbocycles. The molecule has 0 aromatic heterocycles. The van der Waals surface area contributed by atoms with E-state index in [0.717, 1.165) is 12.8 Å². The molecule has 0 saturated heterocycles. The fourth-order valence-electron chi connectivity index (χ4n) is 3.16. The van der Waals surface area contributed by atoms with Crippen LogP contribution in [0.3, 0.4) is 0 Å². The van der Waals surface area contributed by atoms with Gasteiger partial charge in [0.15, 0.2) is 0 Å². The monoisotopic (exact) mass is 354 g/mol. The van der Waals surface area contributed by atoms with E-state index in [2.05, 4.69) is 0 Å². The molecule has 1 aliphatic rings. The Bertz CT molecular complexity index is 443. The first kappa shape index (κ1) is 21.9. The zero-order valence-corrected chi connectivity index (χ0v) is 15.7. The molecular formula is C20H34O5. The molecule has 25 heavy (non-hydrogen) atoms. The third-order valence-electron chi connectivity index (χ3n) is 4.58. The number of ether oxygens (including phenoxy) is 1. The Morgan fingerprint density at radius 1 is 1.24 bits per heavy atom. The molecule has 1 rings (SSSR count). The molecule has 0 amide bonds. The van der Waals surface area contributed by atoms with E-state index in [-0.39, 0.29) is 23.9 Å². The van der Waals surface area contributed by atoms with Crippen molar-refractivity contribution in [2.75, 3.05) is 0 Å². The van der Waals surface area contributed by atoms with Crippen molar-refractivity contribution in [2.24, 2.45) is 11.8 Å². The van der Waals surface area contributed by atoms with E-state index in [4.69, 9.17) is 4.74 Å². The molecule has 3 N–H and O–H groups in total. The van der Waals surface area contributed by atoms with Crippen molar-refractivity contribution in [1.82, 2.24) is 0 Å². The number of hydrogen-bond donors (Lipinski definition) is 3. The predicted octanol–water partition coefficient (Wildman–Crippen LogP) is 2.74. The summed E-state index contributed by atoms with van der Waals surface area (Å²) in [5.74, 6) is -0.350. The number of carbonyl (C=O) groups is 1. The summed E-state index contributed by atoms with van der Waals surface area (Å²) < 4.78 is 5.08. The minimum atomic E-state index is -0.570. The zero-order valence-electron chi connectivity index (χ0n) is 15.7. The summed E-state index contributed by atoms with van der Waals surface area (Å²) in [5, 5.41) is 29.9. The molecule has 0 aromatic carbocycles. The van der Waals surface area contributed by atoms with Gasteiger partial charge in [0.25, 0.3) is 0 Å². The maximum atomic E-state index is 11.4. The maximum absolute atomic E-state index is 11.4. The van der Waals surface area contributed by atoms with Crippen LogP contribution in [0.4, 0.5) is 0 Å². The van der Waals surface area contributed by atoms with Crippen LogP contribution in [-0.4, -0.2) is 45.7 Å². The molecule has 5 atom stereocenters. The lowest BCUT2D eigenvalue weighted by Crippen LogP contribution is -2.20. The van der Waals surface area contributed by atoms with Crippen LogP contribution >= 0.6 is 0 Å². The van der Waals surface area contributed by atoms with Crippen molar-refractivity contribution in [3.05, 3.63) is 24.3 Å². The van der Waals surface area contributed by atoms with E-state index >= 15 is 0 Å². The van der Waals surface area contributed by atoms with Crippen molar-refractivity contribution in [2.45, 2.75) is 83.7 Å². The lowest BCUT2D eigenvalue weighted by Gasteiger charge is -2.19. The van der Waals surface area contributed by atoms with E-state index in [0.29, 0.717) is 25.7 Å². The average Bonchev–Trinajstić information content (AvgIpc) is 2.81. The SMILES string of the molecule is CC[C@H](O)/C=C/[C@@H]1[C@@H](C/C=C\CCCC(=O)OC(C)C)[C@@H](O)C[C@H]1O. The molecule has 0 heterocycles. The first-order valence-corrected chi connectivity index (χ1v) is 9.42. The fraction of sp³-hybridized carbons (Fsp3) is 0.750. The highest BCUT2D eigenvalue weighted by Gasteiger charge is 2.39. The maximum Gasteiger partial charge on any atom is 0.306 e. The summed E-state index contributed by atoms with van der Waals surface area (Å²) in [5.41, 5.74) is 0. The zero-order chi connectivity index (χ0) is 18.8. The molecule has 0 unspecified atom stereocenters. The number of carbonyl (C=O) groups excluding carboxylic acids is 1. The Morgan fingerprint density at radius 2 is 1.96 bits per heavy atom. The Labute approximate surface area is 151 Å². The summed E-state index contributed by atoms with van der Waals surface area (Å²) in [6.45, 7) is 5.57. The van der Waals surface area contributed by atoms with Gasteiger partial charge in [0, 0.05) is 18.8 Å². The van der Waals surface area contributed by atoms with Crippen LogP contribution in [0, 0.1) is 11.8 Å². The standard InChI is InChI=1S/C20H34O5/c1-4-15(21)11-12-17-16(18(22)13-19(17)23)9-7-5-6-8-10-20(24)25-14(2)3/h5,7,11-12,14-19,21-23H,4,6,8-10,13H2,1-3H3/b7-5-,12-11+/t15-,16+,17+,18-,19+/m0/s1. The molecule has 0 radical (unpaired) electrons. The number of aliphatic hydroxyl groups excluding tert-OH is 3. The second-order valence-corrected chi connectivity index (χ2v) is 7.11. The third-order valence-corrected chi connectivity index (χ3v) is 4.58. The summed E-state index contributed by atoms with van der Waals surface area (Å²) in [7, 11) is 0. The molecule has 1 fully saturated rings. The molecule has 5 nitrogen and oxygen atoms in total. The van der Waals surface area contributed by atoms with Gasteiger partial charge in [0.1, 0.15) is 0 Å². The number of esters is 1. The molecule has 0 spiro atoms. The van der Waals surface area contributed by atoms with E-state index in [1.807, 2.05) is 39.0 Å². The van der Waals surface area contributed by atoms with Crippen molar-refractivity contribution in [3.63, 3.8) is 0 Å². The van der Waals surface area contributed by atoms with E-state index in [1.54, 1.807) is 6.08 Å². The van der Waals surface area contributed by atoms with E-state index in [1.165, 1.54) is 0 Å². The van der Waals surface area contributed by atoms with Gasteiger partial charge in [-0.15, -0.1) is 0 Å². The van der Waals surface area contributed by atoms with Crippen LogP contribution in [0.15, 0.2) is 24.3 Å². The van der Waals surface area contributed by atoms with Crippen molar-refractivity contribution in [1.29, 1.82) is 0 Å². The number of hydrogen-bond acceptors (Lipinski definition) is 5. The quantitative estimate of drug-likeness (QED) is 0.319. The van der Waals surface area contributed by atoms with Crippen LogP contribution in [0.2, 0.25) is 0 Å². The molecule has 0 aromatic rings. The lowest BCUT2D eigenvalue weighted by molar-refractivity contribution is -0.147. The lowest BCUT2D eigenvalue weighted by atomic mass is 9.89. The van der Waals surface area contributed by atoms with Crippen LogP contribution < -0.4 is 0 Å². The molecular weight excluding hydrogens is 320 g/mol. The molecule has 5 heteroatoms. The predicted molar refractivity (Wildman–Crippen MR) is 97.9 cm³/mol. The van der Waals surface area contributed by atoms with Crippen LogP contribution in [0.5, 0.6) is 0 Å². The van der Waals surface area contributed by atoms with Crippen molar-refractivity contribution >= 4 is 5.97 Å². The Kier molecular flexibility index (Phi) is 10.0. The van der Waals surface area contributed by atoms with Gasteiger partial charge in [0.2, 0.25) is 0 Å². The average molecular weight is 354 g/mol. The first-order valence-electron chi connectivity index (χ1n) is 9.42. The summed E-state index contributed by atoms with van der Waals surface area (Å²) in [6, 6.07) is 0. The first-order chi connectivity index (χ1) is 11.8. The highest BCUT2D eigenvalue weighted by atomic mass is 16.5. The highest BCUT2D eigenvalue weighted by molar-refractivity contribution is 5.69. The topological polar surface area (TPSA) is 87.0 Å². The molecule has 1 aliphatic carbocycles. The number of rotatable bonds is 10. The van der Waals surface area contributed by atoms with Crippen LogP contribution in [0.25, 0.3) is 0 Å². The number of allylic oxidation sites excluding steroid dienone is 2. The van der Waals surface area contributed by atoms with Gasteiger partial charge in [-0.3, -0.25) is 4.79 Å². The van der Waals surface area contributed by atoms with Gasteiger partial charge < -0.3 is 20.1 Å². The van der Waals surface area contributed by atoms with Gasteiger partial charge in [-0.25, -0.2) is 0 Å². The Balaban J connectivity index is 2.39.